The smallest absolute Gasteiger partial charge is 0.223 e. The van der Waals surface area contributed by atoms with Crippen LogP contribution in [-0.2, 0) is 20.8 Å². The fourth-order valence-electron chi connectivity index (χ4n) is 3.18. The first-order chi connectivity index (χ1) is 10.7. The Bertz CT molecular complexity index is 498. The van der Waals surface area contributed by atoms with Crippen LogP contribution in [0.4, 0.5) is 0 Å². The van der Waals surface area contributed by atoms with Crippen molar-refractivity contribution in [3.8, 4) is 5.75 Å². The van der Waals surface area contributed by atoms with Crippen molar-refractivity contribution in [2.75, 3.05) is 20.3 Å². The van der Waals surface area contributed by atoms with Crippen LogP contribution in [0.15, 0.2) is 24.3 Å². The van der Waals surface area contributed by atoms with E-state index in [9.17, 15) is 4.79 Å². The highest BCUT2D eigenvalue weighted by atomic mass is 16.7. The number of rotatable bonds is 4. The average Bonchev–Trinajstić information content (AvgIpc) is 3.02. The second-order valence-corrected chi connectivity index (χ2v) is 5.95. The number of carbonyl (C=O) groups excluding carboxylic acids is 1. The molecule has 1 aliphatic carbocycles. The Morgan fingerprint density at radius 2 is 1.86 bits per heavy atom. The monoisotopic (exact) mass is 305 g/mol. The van der Waals surface area contributed by atoms with E-state index in [1.54, 1.807) is 7.11 Å². The Morgan fingerprint density at radius 1 is 1.23 bits per heavy atom. The molecule has 0 atom stereocenters. The summed E-state index contributed by atoms with van der Waals surface area (Å²) in [5.41, 5.74) is 1.07. The lowest BCUT2D eigenvalue weighted by atomic mass is 9.84. The van der Waals surface area contributed by atoms with E-state index in [0.717, 1.165) is 37.0 Å². The van der Waals surface area contributed by atoms with Crippen LogP contribution in [0.5, 0.6) is 5.75 Å². The van der Waals surface area contributed by atoms with Gasteiger partial charge in [-0.3, -0.25) is 4.79 Å². The van der Waals surface area contributed by atoms with Gasteiger partial charge in [-0.2, -0.15) is 0 Å². The van der Waals surface area contributed by atoms with E-state index in [1.807, 2.05) is 24.3 Å². The Balaban J connectivity index is 1.46. The van der Waals surface area contributed by atoms with E-state index < -0.39 is 5.79 Å². The SMILES string of the molecule is COc1ccc(CNC(=O)C2CCC3(CC2)OCCO3)cc1. The predicted octanol–water partition coefficient (Wildman–Crippen LogP) is 2.24. The van der Waals surface area contributed by atoms with Gasteiger partial charge >= 0.3 is 0 Å². The molecule has 1 saturated carbocycles. The van der Waals surface area contributed by atoms with Gasteiger partial charge in [-0.25, -0.2) is 0 Å². The third-order valence-corrected chi connectivity index (χ3v) is 4.56. The molecule has 1 aromatic carbocycles. The lowest BCUT2D eigenvalue weighted by molar-refractivity contribution is -0.183. The average molecular weight is 305 g/mol. The standard InChI is InChI=1S/C17H23NO4/c1-20-15-4-2-13(3-5-15)12-18-16(19)14-6-8-17(9-7-14)21-10-11-22-17/h2-5,14H,6-12H2,1H3,(H,18,19). The first-order valence-electron chi connectivity index (χ1n) is 7.89. The minimum atomic E-state index is -0.396. The number of benzene rings is 1. The van der Waals surface area contributed by atoms with Crippen molar-refractivity contribution < 1.29 is 19.0 Å². The molecule has 2 aliphatic rings. The van der Waals surface area contributed by atoms with Gasteiger partial charge in [-0.1, -0.05) is 12.1 Å². The Morgan fingerprint density at radius 3 is 2.45 bits per heavy atom. The van der Waals surface area contributed by atoms with Crippen LogP contribution in [0.3, 0.4) is 0 Å². The van der Waals surface area contributed by atoms with Crippen LogP contribution in [0.1, 0.15) is 31.2 Å². The first-order valence-corrected chi connectivity index (χ1v) is 7.89. The van der Waals surface area contributed by atoms with E-state index in [-0.39, 0.29) is 11.8 Å². The van der Waals surface area contributed by atoms with Gasteiger partial charge in [0, 0.05) is 25.3 Å². The summed E-state index contributed by atoms with van der Waals surface area (Å²) in [6, 6.07) is 7.74. The number of amides is 1. The van der Waals surface area contributed by atoms with Gasteiger partial charge in [-0.05, 0) is 30.5 Å². The van der Waals surface area contributed by atoms with E-state index in [4.69, 9.17) is 14.2 Å². The number of methoxy groups -OCH3 is 1. The van der Waals surface area contributed by atoms with Crippen molar-refractivity contribution in [2.45, 2.75) is 38.0 Å². The molecule has 2 fully saturated rings. The van der Waals surface area contributed by atoms with Gasteiger partial charge in [0.2, 0.25) is 5.91 Å². The number of hydrogen-bond acceptors (Lipinski definition) is 4. The van der Waals surface area contributed by atoms with Gasteiger partial charge in [0.15, 0.2) is 5.79 Å². The van der Waals surface area contributed by atoms with Crippen molar-refractivity contribution in [1.29, 1.82) is 0 Å². The van der Waals surface area contributed by atoms with Gasteiger partial charge in [0.05, 0.1) is 20.3 Å². The fourth-order valence-corrected chi connectivity index (χ4v) is 3.18. The summed E-state index contributed by atoms with van der Waals surface area (Å²) in [6.45, 7) is 1.90. The zero-order valence-electron chi connectivity index (χ0n) is 13.0. The molecule has 1 heterocycles. The lowest BCUT2D eigenvalue weighted by Gasteiger charge is -2.34. The molecule has 5 heteroatoms. The van der Waals surface area contributed by atoms with Crippen molar-refractivity contribution in [2.24, 2.45) is 5.92 Å². The Labute approximate surface area is 130 Å². The van der Waals surface area contributed by atoms with Crippen LogP contribution < -0.4 is 10.1 Å². The zero-order chi connectivity index (χ0) is 15.4. The third-order valence-electron chi connectivity index (χ3n) is 4.56. The predicted molar refractivity (Wildman–Crippen MR) is 81.4 cm³/mol. The third kappa shape index (κ3) is 3.42. The molecule has 1 N–H and O–H groups in total. The largest absolute Gasteiger partial charge is 0.497 e. The number of carbonyl (C=O) groups is 1. The molecule has 0 unspecified atom stereocenters. The minimum Gasteiger partial charge on any atom is -0.497 e. The molecule has 22 heavy (non-hydrogen) atoms. The summed E-state index contributed by atoms with van der Waals surface area (Å²) in [4.78, 5) is 12.3. The van der Waals surface area contributed by atoms with Crippen molar-refractivity contribution >= 4 is 5.91 Å². The summed E-state index contributed by atoms with van der Waals surface area (Å²) < 4.78 is 16.5. The Hall–Kier alpha value is -1.59. The van der Waals surface area contributed by atoms with Crippen LogP contribution in [-0.4, -0.2) is 32.0 Å². The maximum atomic E-state index is 12.3. The normalized spacial score (nSPS) is 21.0. The molecule has 120 valence electrons. The number of hydrogen-bond donors (Lipinski definition) is 1. The molecular formula is C17H23NO4. The quantitative estimate of drug-likeness (QED) is 0.927. The minimum absolute atomic E-state index is 0.0664. The summed E-state index contributed by atoms with van der Waals surface area (Å²) in [5.74, 6) is 0.622. The first kappa shape index (κ1) is 15.3. The maximum absolute atomic E-state index is 12.3. The topological polar surface area (TPSA) is 56.8 Å². The highest BCUT2D eigenvalue weighted by molar-refractivity contribution is 5.78. The maximum Gasteiger partial charge on any atom is 0.223 e. The zero-order valence-corrected chi connectivity index (χ0v) is 13.0. The molecule has 0 bridgehead atoms. The summed E-state index contributed by atoms with van der Waals surface area (Å²) in [7, 11) is 1.64. The van der Waals surface area contributed by atoms with Crippen LogP contribution in [0, 0.1) is 5.92 Å². The molecular weight excluding hydrogens is 282 g/mol. The van der Waals surface area contributed by atoms with Gasteiger partial charge in [0.1, 0.15) is 5.75 Å². The molecule has 1 aromatic rings. The molecule has 1 saturated heterocycles. The van der Waals surface area contributed by atoms with Gasteiger partial charge < -0.3 is 19.5 Å². The molecule has 0 radical (unpaired) electrons. The summed E-state index contributed by atoms with van der Waals surface area (Å²) in [6.07, 6.45) is 3.28. The van der Waals surface area contributed by atoms with Crippen LogP contribution in [0.2, 0.25) is 0 Å². The van der Waals surface area contributed by atoms with E-state index >= 15 is 0 Å². The Kier molecular flexibility index (Phi) is 4.64. The summed E-state index contributed by atoms with van der Waals surface area (Å²) in [5, 5.41) is 3.02. The molecule has 3 rings (SSSR count). The molecule has 0 aromatic heterocycles. The van der Waals surface area contributed by atoms with Gasteiger partial charge in [0.25, 0.3) is 0 Å². The number of nitrogens with one attached hydrogen (secondary N) is 1. The second kappa shape index (κ2) is 6.67. The second-order valence-electron chi connectivity index (χ2n) is 5.95. The summed E-state index contributed by atoms with van der Waals surface area (Å²) >= 11 is 0. The van der Waals surface area contributed by atoms with Crippen LogP contribution in [0.25, 0.3) is 0 Å². The number of ether oxygens (including phenoxy) is 3. The van der Waals surface area contributed by atoms with Crippen molar-refractivity contribution in [3.63, 3.8) is 0 Å². The lowest BCUT2D eigenvalue weighted by Crippen LogP contribution is -2.40. The van der Waals surface area contributed by atoms with E-state index in [0.29, 0.717) is 19.8 Å². The van der Waals surface area contributed by atoms with Crippen molar-refractivity contribution in [1.82, 2.24) is 5.32 Å². The van der Waals surface area contributed by atoms with Crippen molar-refractivity contribution in [3.05, 3.63) is 29.8 Å². The molecule has 1 aliphatic heterocycles. The highest BCUT2D eigenvalue weighted by Crippen LogP contribution is 2.38. The van der Waals surface area contributed by atoms with E-state index in [1.165, 1.54) is 0 Å². The molecule has 5 nitrogen and oxygen atoms in total. The van der Waals surface area contributed by atoms with Crippen LogP contribution >= 0.6 is 0 Å². The van der Waals surface area contributed by atoms with E-state index in [2.05, 4.69) is 5.32 Å². The fraction of sp³-hybridized carbons (Fsp3) is 0.588. The molecule has 1 amide bonds. The van der Waals surface area contributed by atoms with Gasteiger partial charge in [-0.15, -0.1) is 0 Å². The molecule has 1 spiro atoms. The highest BCUT2D eigenvalue weighted by Gasteiger charge is 2.41.